The molecule has 0 heterocycles. The molecular weight excluding hydrogens is 147 g/mol. The first-order valence-corrected chi connectivity index (χ1v) is 4.05. The van der Waals surface area contributed by atoms with Crippen molar-refractivity contribution in [3.8, 4) is 0 Å². The minimum Gasteiger partial charge on any atom is -0.397 e. The van der Waals surface area contributed by atoms with Crippen molar-refractivity contribution >= 4 is 24.7 Å². The third-order valence-electron chi connectivity index (χ3n) is 1.92. The van der Waals surface area contributed by atoms with Crippen molar-refractivity contribution in [1.82, 2.24) is 0 Å². The summed E-state index contributed by atoms with van der Waals surface area (Å²) in [6, 6.07) is 3.77. The predicted octanol–water partition coefficient (Wildman–Crippen LogP) is 0.803. The number of hydrogen-bond donors (Lipinski definition) is 2. The van der Waals surface area contributed by atoms with E-state index in [9.17, 15) is 0 Å². The maximum absolute atomic E-state index is 5.83. The maximum atomic E-state index is 5.83. The molecule has 0 bridgehead atoms. The van der Waals surface area contributed by atoms with Crippen molar-refractivity contribution in [2.75, 3.05) is 17.6 Å². The number of nitrogens with two attached hydrogens (primary N) is 1. The van der Waals surface area contributed by atoms with Gasteiger partial charge in [0, 0.05) is 6.54 Å². The highest BCUT2D eigenvalue weighted by molar-refractivity contribution is 6.34. The number of hydrogen-bond acceptors (Lipinski definition) is 2. The molecule has 2 radical (unpaired) electrons. The van der Waals surface area contributed by atoms with Crippen LogP contribution in [0.25, 0.3) is 0 Å². The first kappa shape index (κ1) is 8.98. The average molecular weight is 160 g/mol. The topological polar surface area (TPSA) is 38.0 Å². The third kappa shape index (κ3) is 1.55. The first-order valence-electron chi connectivity index (χ1n) is 4.05. The maximum Gasteiger partial charge on any atom is 0.114 e. The van der Waals surface area contributed by atoms with E-state index in [4.69, 9.17) is 13.6 Å². The zero-order chi connectivity index (χ0) is 9.14. The van der Waals surface area contributed by atoms with Gasteiger partial charge in [0.25, 0.3) is 0 Å². The molecule has 3 heteroatoms. The fourth-order valence-corrected chi connectivity index (χ4v) is 1.09. The SMILES string of the molecule is [B]c1ccc(NCC)c(N)c1C. The second kappa shape index (κ2) is 3.52. The summed E-state index contributed by atoms with van der Waals surface area (Å²) in [6.45, 7) is 4.82. The van der Waals surface area contributed by atoms with Gasteiger partial charge in [-0.3, -0.25) is 0 Å². The van der Waals surface area contributed by atoms with Crippen molar-refractivity contribution < 1.29 is 0 Å². The van der Waals surface area contributed by atoms with Crippen LogP contribution in [0.1, 0.15) is 12.5 Å². The smallest absolute Gasteiger partial charge is 0.114 e. The molecule has 0 aliphatic heterocycles. The fourth-order valence-electron chi connectivity index (χ4n) is 1.09. The van der Waals surface area contributed by atoms with Crippen LogP contribution in [0.3, 0.4) is 0 Å². The van der Waals surface area contributed by atoms with E-state index in [0.717, 1.165) is 28.9 Å². The Morgan fingerprint density at radius 2 is 2.17 bits per heavy atom. The van der Waals surface area contributed by atoms with E-state index in [1.807, 2.05) is 26.0 Å². The summed E-state index contributed by atoms with van der Waals surface area (Å²) in [5.41, 5.74) is 9.23. The molecule has 0 spiro atoms. The molecule has 62 valence electrons. The van der Waals surface area contributed by atoms with Crippen LogP contribution in [0.2, 0.25) is 0 Å². The highest BCUT2D eigenvalue weighted by Gasteiger charge is 2.01. The van der Waals surface area contributed by atoms with Gasteiger partial charge in [-0.2, -0.15) is 0 Å². The Morgan fingerprint density at radius 1 is 1.50 bits per heavy atom. The van der Waals surface area contributed by atoms with E-state index >= 15 is 0 Å². The second-order valence-electron chi connectivity index (χ2n) is 2.77. The molecule has 12 heavy (non-hydrogen) atoms. The van der Waals surface area contributed by atoms with Gasteiger partial charge in [-0.1, -0.05) is 11.5 Å². The van der Waals surface area contributed by atoms with Crippen molar-refractivity contribution in [1.29, 1.82) is 0 Å². The van der Waals surface area contributed by atoms with E-state index < -0.39 is 0 Å². The van der Waals surface area contributed by atoms with Crippen LogP contribution < -0.4 is 16.5 Å². The normalized spacial score (nSPS) is 9.83. The largest absolute Gasteiger partial charge is 0.397 e. The first-order chi connectivity index (χ1) is 5.66. The summed E-state index contributed by atoms with van der Waals surface area (Å²) < 4.78 is 0. The zero-order valence-corrected chi connectivity index (χ0v) is 7.52. The number of rotatable bonds is 2. The lowest BCUT2D eigenvalue weighted by Gasteiger charge is -2.11. The molecule has 0 unspecified atom stereocenters. The lowest BCUT2D eigenvalue weighted by atomic mass is 9.90. The Balaban J connectivity index is 3.08. The lowest BCUT2D eigenvalue weighted by Crippen LogP contribution is -2.12. The van der Waals surface area contributed by atoms with Crippen LogP contribution in [0.4, 0.5) is 11.4 Å². The molecule has 0 aliphatic carbocycles. The van der Waals surface area contributed by atoms with Crippen LogP contribution in [-0.4, -0.2) is 14.4 Å². The van der Waals surface area contributed by atoms with E-state index in [1.54, 1.807) is 0 Å². The highest BCUT2D eigenvalue weighted by Crippen LogP contribution is 2.19. The van der Waals surface area contributed by atoms with Gasteiger partial charge in [0.1, 0.15) is 7.85 Å². The van der Waals surface area contributed by atoms with Crippen molar-refractivity contribution in [3.63, 3.8) is 0 Å². The number of anilines is 2. The number of nitrogens with one attached hydrogen (secondary N) is 1. The summed E-state index contributed by atoms with van der Waals surface area (Å²) >= 11 is 0. The van der Waals surface area contributed by atoms with Crippen LogP contribution in [0.15, 0.2) is 12.1 Å². The molecule has 0 saturated heterocycles. The molecule has 2 nitrogen and oxygen atoms in total. The number of benzene rings is 1. The van der Waals surface area contributed by atoms with Gasteiger partial charge >= 0.3 is 0 Å². The predicted molar refractivity (Wildman–Crippen MR) is 55.1 cm³/mol. The van der Waals surface area contributed by atoms with Crippen LogP contribution in [-0.2, 0) is 0 Å². The number of nitrogen functional groups attached to an aromatic ring is 1. The van der Waals surface area contributed by atoms with Gasteiger partial charge in [-0.25, -0.2) is 0 Å². The Morgan fingerprint density at radius 3 is 2.75 bits per heavy atom. The molecule has 0 amide bonds. The zero-order valence-electron chi connectivity index (χ0n) is 7.52. The van der Waals surface area contributed by atoms with E-state index in [1.165, 1.54) is 0 Å². The van der Waals surface area contributed by atoms with Crippen LogP contribution >= 0.6 is 0 Å². The van der Waals surface area contributed by atoms with Gasteiger partial charge < -0.3 is 11.1 Å². The molecular formula is C9H13BN2. The third-order valence-corrected chi connectivity index (χ3v) is 1.92. The van der Waals surface area contributed by atoms with Crippen molar-refractivity contribution in [3.05, 3.63) is 17.7 Å². The molecule has 1 aromatic rings. The monoisotopic (exact) mass is 160 g/mol. The van der Waals surface area contributed by atoms with Gasteiger partial charge in [0.2, 0.25) is 0 Å². The second-order valence-corrected chi connectivity index (χ2v) is 2.77. The molecule has 3 N–H and O–H groups in total. The van der Waals surface area contributed by atoms with Crippen LogP contribution in [0.5, 0.6) is 0 Å². The minimum absolute atomic E-state index is 0.745. The minimum atomic E-state index is 0.745. The van der Waals surface area contributed by atoms with Gasteiger partial charge in [-0.15, -0.1) is 0 Å². The highest BCUT2D eigenvalue weighted by atomic mass is 14.9. The lowest BCUT2D eigenvalue weighted by molar-refractivity contribution is 1.21. The Kier molecular flexibility index (Phi) is 2.63. The standard InChI is InChI=1S/C9H13BN2/c1-3-12-8-5-4-7(10)6(2)9(8)11/h4-5,12H,3,11H2,1-2H3. The Labute approximate surface area is 74.6 Å². The fraction of sp³-hybridized carbons (Fsp3) is 0.333. The van der Waals surface area contributed by atoms with Gasteiger partial charge in [-0.05, 0) is 25.5 Å². The van der Waals surface area contributed by atoms with Crippen molar-refractivity contribution in [2.45, 2.75) is 13.8 Å². The molecule has 0 aromatic heterocycles. The summed E-state index contributed by atoms with van der Waals surface area (Å²) in [6.07, 6.45) is 0. The summed E-state index contributed by atoms with van der Waals surface area (Å²) in [7, 11) is 5.68. The molecule has 0 aliphatic rings. The Hall–Kier alpha value is -1.12. The molecule has 0 fully saturated rings. The quantitative estimate of drug-likeness (QED) is 0.496. The Bertz CT molecular complexity index is 284. The molecule has 0 saturated carbocycles. The van der Waals surface area contributed by atoms with Crippen molar-refractivity contribution in [2.24, 2.45) is 0 Å². The molecule has 1 aromatic carbocycles. The van der Waals surface area contributed by atoms with Crippen LogP contribution in [0, 0.1) is 6.92 Å². The summed E-state index contributed by atoms with van der Waals surface area (Å²) in [4.78, 5) is 0. The van der Waals surface area contributed by atoms with E-state index in [-0.39, 0.29) is 0 Å². The molecule has 1 rings (SSSR count). The van der Waals surface area contributed by atoms with Gasteiger partial charge in [0.05, 0.1) is 11.4 Å². The van der Waals surface area contributed by atoms with Gasteiger partial charge in [0.15, 0.2) is 0 Å². The van der Waals surface area contributed by atoms with E-state index in [2.05, 4.69) is 5.32 Å². The van der Waals surface area contributed by atoms with E-state index in [0.29, 0.717) is 0 Å². The average Bonchev–Trinajstić information content (AvgIpc) is 2.07. The summed E-state index contributed by atoms with van der Waals surface area (Å²) in [5.74, 6) is 0. The molecule has 0 atom stereocenters. The summed E-state index contributed by atoms with van der Waals surface area (Å²) in [5, 5.41) is 3.16.